The largest absolute Gasteiger partial charge is 0.481 e. The lowest BCUT2D eigenvalue weighted by Gasteiger charge is -2.07. The zero-order chi connectivity index (χ0) is 15.5. The topological polar surface area (TPSA) is 109 Å². The van der Waals surface area contributed by atoms with Crippen LogP contribution in [0.1, 0.15) is 44.9 Å². The molecule has 8 nitrogen and oxygen atoms in total. The van der Waals surface area contributed by atoms with E-state index in [1.165, 1.54) is 0 Å². The number of carboxylic acids is 1. The van der Waals surface area contributed by atoms with Crippen molar-refractivity contribution in [1.82, 2.24) is 25.4 Å². The molecule has 0 aliphatic heterocycles. The summed E-state index contributed by atoms with van der Waals surface area (Å²) in [6.07, 6.45) is 5.16. The number of nitrogens with zero attached hydrogens (tertiary/aromatic N) is 3. The number of carbonyl (C=O) groups excluding carboxylic acids is 1. The molecule has 0 bridgehead atoms. The smallest absolute Gasteiger partial charge is 0.315 e. The molecule has 0 aliphatic carbocycles. The number of urea groups is 1. The number of aryl methyl sites for hydroxylation is 1. The van der Waals surface area contributed by atoms with Crippen molar-refractivity contribution in [3.8, 4) is 0 Å². The molecule has 0 atom stereocenters. The Morgan fingerprint density at radius 3 is 2.71 bits per heavy atom. The van der Waals surface area contributed by atoms with Gasteiger partial charge in [-0.2, -0.15) is 0 Å². The predicted molar refractivity (Wildman–Crippen MR) is 76.7 cm³/mol. The molecule has 3 N–H and O–H groups in total. The van der Waals surface area contributed by atoms with Crippen LogP contribution in [0.15, 0.2) is 6.33 Å². The second-order valence-corrected chi connectivity index (χ2v) is 4.70. The van der Waals surface area contributed by atoms with Crippen molar-refractivity contribution in [2.45, 2.75) is 52.1 Å². The summed E-state index contributed by atoms with van der Waals surface area (Å²) < 4.78 is 1.86. The summed E-state index contributed by atoms with van der Waals surface area (Å²) in [4.78, 5) is 21.9. The number of carbonyl (C=O) groups is 2. The van der Waals surface area contributed by atoms with Crippen LogP contribution >= 0.6 is 0 Å². The Hall–Kier alpha value is -2.12. The van der Waals surface area contributed by atoms with Crippen LogP contribution in [0.2, 0.25) is 0 Å². The lowest BCUT2D eigenvalue weighted by molar-refractivity contribution is -0.137. The zero-order valence-corrected chi connectivity index (χ0v) is 12.3. The maximum Gasteiger partial charge on any atom is 0.315 e. The number of unbranched alkanes of at least 4 members (excludes halogenated alkanes) is 3. The lowest BCUT2D eigenvalue weighted by atomic mass is 10.1. The standard InChI is InChI=1S/C13H23N5O3/c1-2-18-10-16-17-11(18)9-15-13(21)14-8-6-4-3-5-7-12(19)20/h10H,2-9H2,1H3,(H,19,20)(H2,14,15,21). The van der Waals surface area contributed by atoms with Crippen molar-refractivity contribution in [2.75, 3.05) is 6.54 Å². The number of amides is 2. The van der Waals surface area contributed by atoms with Gasteiger partial charge in [0.25, 0.3) is 0 Å². The molecule has 0 aromatic carbocycles. The maximum atomic E-state index is 11.6. The molecular weight excluding hydrogens is 274 g/mol. The van der Waals surface area contributed by atoms with Gasteiger partial charge in [0, 0.05) is 19.5 Å². The average Bonchev–Trinajstić information content (AvgIpc) is 2.91. The summed E-state index contributed by atoms with van der Waals surface area (Å²) in [6.45, 7) is 3.68. The third-order valence-electron chi connectivity index (χ3n) is 3.05. The van der Waals surface area contributed by atoms with Crippen molar-refractivity contribution < 1.29 is 14.7 Å². The van der Waals surface area contributed by atoms with E-state index in [0.29, 0.717) is 19.5 Å². The van der Waals surface area contributed by atoms with Gasteiger partial charge in [-0.25, -0.2) is 4.79 Å². The number of hydrogen-bond donors (Lipinski definition) is 3. The molecular formula is C13H23N5O3. The van der Waals surface area contributed by atoms with E-state index in [-0.39, 0.29) is 12.5 Å². The molecule has 0 saturated heterocycles. The monoisotopic (exact) mass is 297 g/mol. The van der Waals surface area contributed by atoms with Crippen molar-refractivity contribution in [3.05, 3.63) is 12.2 Å². The van der Waals surface area contributed by atoms with E-state index < -0.39 is 5.97 Å². The van der Waals surface area contributed by atoms with Crippen molar-refractivity contribution in [1.29, 1.82) is 0 Å². The highest BCUT2D eigenvalue weighted by molar-refractivity contribution is 5.73. The Bertz CT molecular complexity index is 447. The highest BCUT2D eigenvalue weighted by Gasteiger charge is 2.05. The Morgan fingerprint density at radius 2 is 2.00 bits per heavy atom. The van der Waals surface area contributed by atoms with Gasteiger partial charge in [0.1, 0.15) is 6.33 Å². The maximum absolute atomic E-state index is 11.6. The quantitative estimate of drug-likeness (QED) is 0.561. The predicted octanol–water partition coefficient (Wildman–Crippen LogP) is 1.13. The van der Waals surface area contributed by atoms with Crippen molar-refractivity contribution in [2.24, 2.45) is 0 Å². The molecule has 1 rings (SSSR count). The van der Waals surface area contributed by atoms with E-state index in [2.05, 4.69) is 20.8 Å². The molecule has 0 fully saturated rings. The number of aliphatic carboxylic acids is 1. The number of aromatic nitrogens is 3. The van der Waals surface area contributed by atoms with Gasteiger partial charge in [-0.3, -0.25) is 4.79 Å². The van der Waals surface area contributed by atoms with E-state index >= 15 is 0 Å². The van der Waals surface area contributed by atoms with Gasteiger partial charge < -0.3 is 20.3 Å². The fourth-order valence-electron chi connectivity index (χ4n) is 1.86. The minimum atomic E-state index is -0.757. The van der Waals surface area contributed by atoms with Crippen LogP contribution in [0.3, 0.4) is 0 Å². The highest BCUT2D eigenvalue weighted by atomic mass is 16.4. The molecule has 0 saturated carbocycles. The summed E-state index contributed by atoms with van der Waals surface area (Å²) >= 11 is 0. The molecule has 2 amide bonds. The molecule has 1 heterocycles. The molecule has 0 radical (unpaired) electrons. The first-order chi connectivity index (χ1) is 10.1. The van der Waals surface area contributed by atoms with Crippen molar-refractivity contribution in [3.63, 3.8) is 0 Å². The van der Waals surface area contributed by atoms with Crippen LogP contribution in [0, 0.1) is 0 Å². The van der Waals surface area contributed by atoms with E-state index in [1.807, 2.05) is 11.5 Å². The normalized spacial score (nSPS) is 10.3. The minimum absolute atomic E-state index is 0.214. The summed E-state index contributed by atoms with van der Waals surface area (Å²) in [5, 5.41) is 21.7. The van der Waals surface area contributed by atoms with Gasteiger partial charge in [-0.1, -0.05) is 12.8 Å². The summed E-state index contributed by atoms with van der Waals surface area (Å²) in [6, 6.07) is -0.230. The summed E-state index contributed by atoms with van der Waals surface area (Å²) in [5.74, 6) is -0.0336. The Morgan fingerprint density at radius 1 is 1.24 bits per heavy atom. The van der Waals surface area contributed by atoms with Crippen LogP contribution in [0.25, 0.3) is 0 Å². The number of rotatable bonds is 10. The summed E-state index contributed by atoms with van der Waals surface area (Å²) in [7, 11) is 0. The van der Waals surface area contributed by atoms with Crippen LogP contribution in [-0.4, -0.2) is 38.4 Å². The van der Waals surface area contributed by atoms with Gasteiger partial charge in [-0.15, -0.1) is 10.2 Å². The average molecular weight is 297 g/mol. The van der Waals surface area contributed by atoms with E-state index in [9.17, 15) is 9.59 Å². The van der Waals surface area contributed by atoms with Crippen LogP contribution in [0.4, 0.5) is 4.79 Å². The fourth-order valence-corrected chi connectivity index (χ4v) is 1.86. The number of nitrogens with one attached hydrogen (secondary N) is 2. The summed E-state index contributed by atoms with van der Waals surface area (Å²) in [5.41, 5.74) is 0. The Balaban J connectivity index is 2.03. The molecule has 0 spiro atoms. The lowest BCUT2D eigenvalue weighted by Crippen LogP contribution is -2.36. The third-order valence-corrected chi connectivity index (χ3v) is 3.05. The van der Waals surface area contributed by atoms with Gasteiger partial charge >= 0.3 is 12.0 Å². The van der Waals surface area contributed by atoms with E-state index in [0.717, 1.165) is 31.6 Å². The molecule has 1 aromatic rings. The van der Waals surface area contributed by atoms with Gasteiger partial charge in [-0.05, 0) is 19.8 Å². The number of carboxylic acid groups (broad SMARTS) is 1. The molecule has 8 heteroatoms. The van der Waals surface area contributed by atoms with Crippen molar-refractivity contribution >= 4 is 12.0 Å². The second-order valence-electron chi connectivity index (χ2n) is 4.70. The zero-order valence-electron chi connectivity index (χ0n) is 12.3. The Kier molecular flexibility index (Phi) is 7.85. The SMILES string of the molecule is CCn1cnnc1CNC(=O)NCCCCCCC(=O)O. The molecule has 21 heavy (non-hydrogen) atoms. The minimum Gasteiger partial charge on any atom is -0.481 e. The first kappa shape index (κ1) is 16.9. The second kappa shape index (κ2) is 9.73. The van der Waals surface area contributed by atoms with E-state index in [4.69, 9.17) is 5.11 Å². The van der Waals surface area contributed by atoms with Crippen LogP contribution in [-0.2, 0) is 17.9 Å². The van der Waals surface area contributed by atoms with Crippen LogP contribution < -0.4 is 10.6 Å². The fraction of sp³-hybridized carbons (Fsp3) is 0.692. The van der Waals surface area contributed by atoms with E-state index in [1.54, 1.807) is 6.33 Å². The Labute approximate surface area is 123 Å². The number of hydrogen-bond acceptors (Lipinski definition) is 4. The third kappa shape index (κ3) is 7.28. The molecule has 118 valence electrons. The first-order valence-corrected chi connectivity index (χ1v) is 7.23. The van der Waals surface area contributed by atoms with Gasteiger partial charge in [0.15, 0.2) is 5.82 Å². The highest BCUT2D eigenvalue weighted by Crippen LogP contribution is 2.02. The van der Waals surface area contributed by atoms with Crippen LogP contribution in [0.5, 0.6) is 0 Å². The van der Waals surface area contributed by atoms with Gasteiger partial charge in [0.05, 0.1) is 6.54 Å². The molecule has 0 aliphatic rings. The molecule has 0 unspecified atom stereocenters. The molecule has 1 aromatic heterocycles. The van der Waals surface area contributed by atoms with Gasteiger partial charge in [0.2, 0.25) is 0 Å². The first-order valence-electron chi connectivity index (χ1n) is 7.23.